The molecule has 8 heteroatoms. The molecule has 152 valence electrons. The first-order valence-corrected chi connectivity index (χ1v) is 10.6. The van der Waals surface area contributed by atoms with Crippen LogP contribution in [0.4, 0.5) is 0 Å². The third-order valence-corrected chi connectivity index (χ3v) is 5.56. The summed E-state index contributed by atoms with van der Waals surface area (Å²) in [5.41, 5.74) is 2.10. The second-order valence-corrected chi connectivity index (χ2v) is 7.65. The van der Waals surface area contributed by atoms with E-state index in [1.165, 1.54) is 18.0 Å². The van der Waals surface area contributed by atoms with Crippen LogP contribution in [0.5, 0.6) is 0 Å². The Kier molecular flexibility index (Phi) is 5.94. The molecule has 2 aromatic carbocycles. The monoisotopic (exact) mass is 419 g/mol. The molecule has 0 bridgehead atoms. The fraction of sp³-hybridized carbons (Fsp3) is 0.182. The van der Waals surface area contributed by atoms with Crippen LogP contribution in [-0.4, -0.2) is 42.9 Å². The van der Waals surface area contributed by atoms with Crippen molar-refractivity contribution in [3.05, 3.63) is 82.8 Å². The lowest BCUT2D eigenvalue weighted by atomic mass is 10.2. The Balaban J connectivity index is 1.52. The zero-order valence-electron chi connectivity index (χ0n) is 16.5. The molecule has 7 nitrogen and oxygen atoms in total. The zero-order chi connectivity index (χ0) is 20.9. The predicted octanol–water partition coefficient (Wildman–Crippen LogP) is 3.25. The molecule has 0 radical (unpaired) electrons. The fourth-order valence-corrected chi connectivity index (χ4v) is 3.89. The van der Waals surface area contributed by atoms with E-state index < -0.39 is 0 Å². The van der Waals surface area contributed by atoms with Gasteiger partial charge >= 0.3 is 0 Å². The van der Waals surface area contributed by atoms with Gasteiger partial charge in [-0.05, 0) is 24.6 Å². The Bertz CT molecular complexity index is 1200. The highest BCUT2D eigenvalue weighted by atomic mass is 32.2. The molecule has 1 amide bonds. The molecule has 0 fully saturated rings. The number of hydrogen-bond donors (Lipinski definition) is 1. The maximum absolute atomic E-state index is 12.7. The molecule has 4 rings (SSSR count). The lowest BCUT2D eigenvalue weighted by Crippen LogP contribution is -2.31. The van der Waals surface area contributed by atoms with Gasteiger partial charge < -0.3 is 9.88 Å². The first-order chi connectivity index (χ1) is 14.7. The smallest absolute Gasteiger partial charge is 0.262 e. The molecule has 2 aromatic heterocycles. The van der Waals surface area contributed by atoms with E-state index >= 15 is 0 Å². The summed E-state index contributed by atoms with van der Waals surface area (Å²) in [5.74, 6) is 0.180. The van der Waals surface area contributed by atoms with Crippen molar-refractivity contribution in [3.63, 3.8) is 0 Å². The van der Waals surface area contributed by atoms with Crippen LogP contribution in [0.2, 0.25) is 0 Å². The molecule has 0 unspecified atom stereocenters. The van der Waals surface area contributed by atoms with Gasteiger partial charge in [-0.15, -0.1) is 0 Å². The van der Waals surface area contributed by atoms with E-state index in [9.17, 15) is 9.59 Å². The van der Waals surface area contributed by atoms with Gasteiger partial charge in [-0.2, -0.15) is 5.10 Å². The molecule has 1 N–H and O–H groups in total. The first-order valence-electron chi connectivity index (χ1n) is 9.63. The van der Waals surface area contributed by atoms with E-state index in [1.807, 2.05) is 67.6 Å². The van der Waals surface area contributed by atoms with Crippen molar-refractivity contribution in [2.24, 2.45) is 0 Å². The number of para-hydroxylation sites is 1. The summed E-state index contributed by atoms with van der Waals surface area (Å²) >= 11 is 1.22. The van der Waals surface area contributed by atoms with Gasteiger partial charge in [0.25, 0.3) is 5.56 Å². The Morgan fingerprint density at radius 1 is 1.10 bits per heavy atom. The van der Waals surface area contributed by atoms with Gasteiger partial charge in [0.05, 0.1) is 17.6 Å². The van der Waals surface area contributed by atoms with E-state index in [2.05, 4.69) is 15.1 Å². The standard InChI is InChI=1S/C22H21N5O2S/c1-2-26(14-16-9-5-3-6-10-16)19(28)15-30-22-24-20-18(21(29)25-22)13-23-27(20)17-11-7-4-8-12-17/h3-13H,2,14-15H2,1H3,(H,24,25,29). The van der Waals surface area contributed by atoms with Crippen LogP contribution in [0.15, 0.2) is 76.8 Å². The zero-order valence-corrected chi connectivity index (χ0v) is 17.3. The minimum Gasteiger partial charge on any atom is -0.338 e. The lowest BCUT2D eigenvalue weighted by Gasteiger charge is -2.20. The lowest BCUT2D eigenvalue weighted by molar-refractivity contribution is -0.128. The third-order valence-electron chi connectivity index (χ3n) is 4.70. The number of hydrogen-bond acceptors (Lipinski definition) is 5. The SMILES string of the molecule is CCN(Cc1ccccc1)C(=O)CSc1nc2c(cnn2-c2ccccc2)c(=O)[nH]1. The van der Waals surface area contributed by atoms with Crippen LogP contribution >= 0.6 is 11.8 Å². The highest BCUT2D eigenvalue weighted by molar-refractivity contribution is 7.99. The molecule has 0 saturated heterocycles. The highest BCUT2D eigenvalue weighted by Crippen LogP contribution is 2.18. The molecule has 30 heavy (non-hydrogen) atoms. The van der Waals surface area contributed by atoms with Gasteiger partial charge in [0.2, 0.25) is 5.91 Å². The summed E-state index contributed by atoms with van der Waals surface area (Å²) in [7, 11) is 0. The van der Waals surface area contributed by atoms with Crippen molar-refractivity contribution < 1.29 is 4.79 Å². The van der Waals surface area contributed by atoms with Crippen LogP contribution in [-0.2, 0) is 11.3 Å². The summed E-state index contributed by atoms with van der Waals surface area (Å²) in [5, 5.41) is 5.11. The number of carbonyl (C=O) groups excluding carboxylic acids is 1. The molecular weight excluding hydrogens is 398 g/mol. The van der Waals surface area contributed by atoms with Crippen molar-refractivity contribution in [2.45, 2.75) is 18.6 Å². The number of nitrogens with one attached hydrogen (secondary N) is 1. The maximum atomic E-state index is 12.7. The number of fused-ring (bicyclic) bond motifs is 1. The summed E-state index contributed by atoms with van der Waals surface area (Å²) < 4.78 is 1.63. The average molecular weight is 420 g/mol. The summed E-state index contributed by atoms with van der Waals surface area (Å²) in [6, 6.07) is 19.4. The first kappa shape index (κ1) is 19.9. The van der Waals surface area contributed by atoms with Crippen LogP contribution in [0.1, 0.15) is 12.5 Å². The third kappa shape index (κ3) is 4.28. The van der Waals surface area contributed by atoms with Gasteiger partial charge in [0.15, 0.2) is 10.8 Å². The Morgan fingerprint density at radius 3 is 2.50 bits per heavy atom. The van der Waals surface area contributed by atoms with Crippen molar-refractivity contribution >= 4 is 28.7 Å². The molecule has 0 spiro atoms. The average Bonchev–Trinajstić information content (AvgIpc) is 3.22. The molecule has 0 atom stereocenters. The predicted molar refractivity (Wildman–Crippen MR) is 118 cm³/mol. The molecule has 0 aliphatic carbocycles. The molecular formula is C22H21N5O2S. The van der Waals surface area contributed by atoms with Gasteiger partial charge in [-0.3, -0.25) is 9.59 Å². The number of aromatic nitrogens is 4. The van der Waals surface area contributed by atoms with Crippen molar-refractivity contribution in [1.82, 2.24) is 24.6 Å². The van der Waals surface area contributed by atoms with E-state index in [-0.39, 0.29) is 17.2 Å². The number of H-pyrrole nitrogens is 1. The van der Waals surface area contributed by atoms with Crippen molar-refractivity contribution in [1.29, 1.82) is 0 Å². The molecule has 0 aliphatic heterocycles. The van der Waals surface area contributed by atoms with Crippen LogP contribution in [0.3, 0.4) is 0 Å². The molecule has 2 heterocycles. The number of rotatable bonds is 7. The number of aromatic amines is 1. The largest absolute Gasteiger partial charge is 0.338 e. The highest BCUT2D eigenvalue weighted by Gasteiger charge is 2.16. The van der Waals surface area contributed by atoms with Gasteiger partial charge in [-0.1, -0.05) is 60.3 Å². The van der Waals surface area contributed by atoms with E-state index in [0.29, 0.717) is 29.3 Å². The maximum Gasteiger partial charge on any atom is 0.262 e. The van der Waals surface area contributed by atoms with E-state index in [1.54, 1.807) is 9.58 Å². The van der Waals surface area contributed by atoms with Gasteiger partial charge in [0, 0.05) is 13.1 Å². The Labute approximate surface area is 177 Å². The topological polar surface area (TPSA) is 83.9 Å². The summed E-state index contributed by atoms with van der Waals surface area (Å²) in [6.07, 6.45) is 1.51. The minimum atomic E-state index is -0.270. The number of thioether (sulfide) groups is 1. The number of benzene rings is 2. The van der Waals surface area contributed by atoms with Gasteiger partial charge in [-0.25, -0.2) is 9.67 Å². The number of nitrogens with zero attached hydrogens (tertiary/aromatic N) is 4. The second-order valence-electron chi connectivity index (χ2n) is 6.68. The Morgan fingerprint density at radius 2 is 1.80 bits per heavy atom. The van der Waals surface area contributed by atoms with Gasteiger partial charge in [0.1, 0.15) is 5.39 Å². The molecule has 0 saturated carbocycles. The van der Waals surface area contributed by atoms with E-state index in [0.717, 1.165) is 11.3 Å². The normalized spacial score (nSPS) is 11.0. The Hall–Kier alpha value is -3.39. The number of amides is 1. The molecule has 0 aliphatic rings. The van der Waals surface area contributed by atoms with E-state index in [4.69, 9.17) is 0 Å². The van der Waals surface area contributed by atoms with Crippen molar-refractivity contribution in [2.75, 3.05) is 12.3 Å². The number of carbonyl (C=O) groups is 1. The van der Waals surface area contributed by atoms with Crippen LogP contribution < -0.4 is 5.56 Å². The van der Waals surface area contributed by atoms with Crippen LogP contribution in [0, 0.1) is 0 Å². The molecule has 4 aromatic rings. The summed E-state index contributed by atoms with van der Waals surface area (Å²) in [4.78, 5) is 34.3. The second kappa shape index (κ2) is 8.96. The minimum absolute atomic E-state index is 0.00864. The summed E-state index contributed by atoms with van der Waals surface area (Å²) in [6.45, 7) is 3.12. The van der Waals surface area contributed by atoms with Crippen LogP contribution in [0.25, 0.3) is 16.7 Å². The van der Waals surface area contributed by atoms with Crippen molar-refractivity contribution in [3.8, 4) is 5.69 Å². The fourth-order valence-electron chi connectivity index (χ4n) is 3.13. The quantitative estimate of drug-likeness (QED) is 0.367.